The SMILES string of the molecule is CCCN(CC1CC1)S(=O)(=O)c1ccc(CO)cn1. The largest absolute Gasteiger partial charge is 0.392 e. The third-order valence-electron chi connectivity index (χ3n) is 3.22. The Labute approximate surface area is 114 Å². The van der Waals surface area contributed by atoms with Gasteiger partial charge in [0, 0.05) is 19.3 Å². The molecule has 1 aromatic heterocycles. The van der Waals surface area contributed by atoms with Crippen molar-refractivity contribution in [3.8, 4) is 0 Å². The van der Waals surface area contributed by atoms with Gasteiger partial charge in [-0.2, -0.15) is 4.31 Å². The maximum Gasteiger partial charge on any atom is 0.260 e. The standard InChI is InChI=1S/C13H20N2O3S/c1-2-7-15(9-11-3-4-11)19(17,18)13-6-5-12(10-16)8-14-13/h5-6,8,11,16H,2-4,7,9-10H2,1H3. The first-order valence-electron chi connectivity index (χ1n) is 6.64. The van der Waals surface area contributed by atoms with Crippen LogP contribution in [-0.4, -0.2) is 35.9 Å². The first-order valence-corrected chi connectivity index (χ1v) is 8.08. The second-order valence-electron chi connectivity index (χ2n) is 4.97. The molecule has 0 aliphatic heterocycles. The molecular formula is C13H20N2O3S. The molecule has 1 heterocycles. The van der Waals surface area contributed by atoms with E-state index in [9.17, 15) is 8.42 Å². The number of pyridine rings is 1. The molecule has 0 spiro atoms. The number of aromatic nitrogens is 1. The van der Waals surface area contributed by atoms with Crippen molar-refractivity contribution in [2.75, 3.05) is 13.1 Å². The minimum absolute atomic E-state index is 0.0683. The van der Waals surface area contributed by atoms with Gasteiger partial charge in [-0.3, -0.25) is 0 Å². The average molecular weight is 284 g/mol. The molecule has 0 radical (unpaired) electrons. The van der Waals surface area contributed by atoms with Gasteiger partial charge in [-0.15, -0.1) is 0 Å². The lowest BCUT2D eigenvalue weighted by Crippen LogP contribution is -2.34. The first kappa shape index (κ1) is 14.4. The molecule has 1 aliphatic rings. The van der Waals surface area contributed by atoms with Gasteiger partial charge in [-0.1, -0.05) is 13.0 Å². The number of sulfonamides is 1. The molecule has 0 bridgehead atoms. The van der Waals surface area contributed by atoms with E-state index in [1.54, 1.807) is 6.07 Å². The second-order valence-corrected chi connectivity index (χ2v) is 6.85. The van der Waals surface area contributed by atoms with Crippen molar-refractivity contribution in [2.45, 2.75) is 37.8 Å². The average Bonchev–Trinajstić information content (AvgIpc) is 3.22. The van der Waals surface area contributed by atoms with E-state index in [0.717, 1.165) is 19.3 Å². The number of aliphatic hydroxyl groups excluding tert-OH is 1. The molecule has 0 unspecified atom stereocenters. The lowest BCUT2D eigenvalue weighted by atomic mass is 10.3. The summed E-state index contributed by atoms with van der Waals surface area (Å²) in [5, 5.41) is 9.02. The Morgan fingerprint density at radius 3 is 2.63 bits per heavy atom. The molecule has 19 heavy (non-hydrogen) atoms. The summed E-state index contributed by atoms with van der Waals surface area (Å²) >= 11 is 0. The Balaban J connectivity index is 2.20. The van der Waals surface area contributed by atoms with Gasteiger partial charge in [-0.05, 0) is 36.8 Å². The van der Waals surface area contributed by atoms with Crippen LogP contribution in [0.4, 0.5) is 0 Å². The van der Waals surface area contributed by atoms with Gasteiger partial charge in [0.1, 0.15) is 0 Å². The van der Waals surface area contributed by atoms with Crippen molar-refractivity contribution in [2.24, 2.45) is 5.92 Å². The van der Waals surface area contributed by atoms with E-state index in [1.165, 1.54) is 16.6 Å². The molecular weight excluding hydrogens is 264 g/mol. The highest BCUT2D eigenvalue weighted by Crippen LogP contribution is 2.31. The second kappa shape index (κ2) is 5.98. The summed E-state index contributed by atoms with van der Waals surface area (Å²) in [6, 6.07) is 3.07. The Bertz CT molecular complexity index is 509. The van der Waals surface area contributed by atoms with Crippen LogP contribution in [0, 0.1) is 5.92 Å². The van der Waals surface area contributed by atoms with E-state index in [-0.39, 0.29) is 11.6 Å². The Morgan fingerprint density at radius 2 is 2.16 bits per heavy atom. The van der Waals surface area contributed by atoms with Crippen molar-refractivity contribution >= 4 is 10.0 Å². The fourth-order valence-electron chi connectivity index (χ4n) is 1.94. The summed E-state index contributed by atoms with van der Waals surface area (Å²) in [6.45, 7) is 2.97. The number of hydrogen-bond donors (Lipinski definition) is 1. The zero-order chi connectivity index (χ0) is 13.9. The van der Waals surface area contributed by atoms with Crippen LogP contribution >= 0.6 is 0 Å². The summed E-state index contributed by atoms with van der Waals surface area (Å²) in [4.78, 5) is 3.96. The molecule has 1 aliphatic carbocycles. The van der Waals surface area contributed by atoms with Gasteiger partial charge in [0.05, 0.1) is 6.61 Å². The van der Waals surface area contributed by atoms with E-state index in [1.807, 2.05) is 6.92 Å². The summed E-state index contributed by atoms with van der Waals surface area (Å²) in [7, 11) is -3.50. The van der Waals surface area contributed by atoms with Gasteiger partial charge in [0.2, 0.25) is 0 Å². The van der Waals surface area contributed by atoms with Crippen LogP contribution in [0.1, 0.15) is 31.7 Å². The fraction of sp³-hybridized carbons (Fsp3) is 0.615. The third kappa shape index (κ3) is 3.52. The fourth-order valence-corrected chi connectivity index (χ4v) is 3.46. The number of nitrogens with zero attached hydrogens (tertiary/aromatic N) is 2. The van der Waals surface area contributed by atoms with Crippen LogP contribution in [0.15, 0.2) is 23.4 Å². The summed E-state index contributed by atoms with van der Waals surface area (Å²) in [5.74, 6) is 0.512. The predicted molar refractivity (Wildman–Crippen MR) is 71.9 cm³/mol. The van der Waals surface area contributed by atoms with Crippen molar-refractivity contribution in [1.29, 1.82) is 0 Å². The lowest BCUT2D eigenvalue weighted by Gasteiger charge is -2.20. The topological polar surface area (TPSA) is 70.5 Å². The van der Waals surface area contributed by atoms with Crippen molar-refractivity contribution in [1.82, 2.24) is 9.29 Å². The molecule has 0 atom stereocenters. The van der Waals surface area contributed by atoms with E-state index >= 15 is 0 Å². The predicted octanol–water partition coefficient (Wildman–Crippen LogP) is 1.38. The van der Waals surface area contributed by atoms with Gasteiger partial charge >= 0.3 is 0 Å². The minimum atomic E-state index is -3.50. The van der Waals surface area contributed by atoms with Gasteiger partial charge in [0.25, 0.3) is 10.0 Å². The van der Waals surface area contributed by atoms with E-state index in [4.69, 9.17) is 5.11 Å². The lowest BCUT2D eigenvalue weighted by molar-refractivity contribution is 0.281. The van der Waals surface area contributed by atoms with Crippen LogP contribution in [0.3, 0.4) is 0 Å². The van der Waals surface area contributed by atoms with Crippen LogP contribution < -0.4 is 0 Å². The van der Waals surface area contributed by atoms with Crippen LogP contribution in [-0.2, 0) is 16.6 Å². The molecule has 0 aromatic carbocycles. The molecule has 2 rings (SSSR count). The van der Waals surface area contributed by atoms with Crippen molar-refractivity contribution in [3.05, 3.63) is 23.9 Å². The molecule has 1 N–H and O–H groups in total. The van der Waals surface area contributed by atoms with Crippen LogP contribution in [0.5, 0.6) is 0 Å². The summed E-state index contributed by atoms with van der Waals surface area (Å²) in [5.41, 5.74) is 0.614. The maximum atomic E-state index is 12.5. The highest BCUT2D eigenvalue weighted by atomic mass is 32.2. The number of rotatable bonds is 7. The molecule has 1 aromatic rings. The zero-order valence-corrected chi connectivity index (χ0v) is 11.9. The quantitative estimate of drug-likeness (QED) is 0.821. The Hall–Kier alpha value is -0.980. The van der Waals surface area contributed by atoms with Gasteiger partial charge in [0.15, 0.2) is 5.03 Å². The van der Waals surface area contributed by atoms with E-state index < -0.39 is 10.0 Å². The molecule has 1 fully saturated rings. The zero-order valence-electron chi connectivity index (χ0n) is 11.1. The van der Waals surface area contributed by atoms with Crippen molar-refractivity contribution < 1.29 is 13.5 Å². The highest BCUT2D eigenvalue weighted by molar-refractivity contribution is 7.89. The van der Waals surface area contributed by atoms with Gasteiger partial charge < -0.3 is 5.11 Å². The molecule has 5 nitrogen and oxygen atoms in total. The maximum absolute atomic E-state index is 12.5. The summed E-state index contributed by atoms with van der Waals surface area (Å²) in [6.07, 6.45) is 4.44. The van der Waals surface area contributed by atoms with Crippen molar-refractivity contribution in [3.63, 3.8) is 0 Å². The first-order chi connectivity index (χ1) is 9.07. The number of hydrogen-bond acceptors (Lipinski definition) is 4. The molecule has 1 saturated carbocycles. The summed E-state index contributed by atoms with van der Waals surface area (Å²) < 4.78 is 26.5. The normalized spacial score (nSPS) is 15.9. The smallest absolute Gasteiger partial charge is 0.260 e. The van der Waals surface area contributed by atoms with E-state index in [0.29, 0.717) is 24.6 Å². The molecule has 0 amide bonds. The Kier molecular flexibility index (Phi) is 4.54. The van der Waals surface area contributed by atoms with Gasteiger partial charge in [-0.25, -0.2) is 13.4 Å². The third-order valence-corrected chi connectivity index (χ3v) is 5.00. The highest BCUT2D eigenvalue weighted by Gasteiger charge is 2.31. The Morgan fingerprint density at radius 1 is 1.42 bits per heavy atom. The number of aliphatic hydroxyl groups is 1. The molecule has 106 valence electrons. The monoisotopic (exact) mass is 284 g/mol. The van der Waals surface area contributed by atoms with Crippen LogP contribution in [0.2, 0.25) is 0 Å². The molecule has 0 saturated heterocycles. The van der Waals surface area contributed by atoms with Crippen LogP contribution in [0.25, 0.3) is 0 Å². The molecule has 6 heteroatoms. The van der Waals surface area contributed by atoms with E-state index in [2.05, 4.69) is 4.98 Å². The minimum Gasteiger partial charge on any atom is -0.392 e.